The first kappa shape index (κ1) is 11.8. The average Bonchev–Trinajstić information content (AvgIpc) is 2.43. The van der Waals surface area contributed by atoms with Gasteiger partial charge in [-0.2, -0.15) is 0 Å². The number of nitrogens with two attached hydrogens (primary N) is 1. The van der Waals surface area contributed by atoms with Crippen LogP contribution in [0, 0.1) is 6.92 Å². The van der Waals surface area contributed by atoms with Crippen LogP contribution in [0.5, 0.6) is 0 Å². The van der Waals surface area contributed by atoms with Crippen LogP contribution in [0.25, 0.3) is 0 Å². The molecule has 0 aliphatic carbocycles. The van der Waals surface area contributed by atoms with Crippen molar-refractivity contribution in [2.24, 2.45) is 10.7 Å². The lowest BCUT2D eigenvalue weighted by Gasteiger charge is -2.29. The van der Waals surface area contributed by atoms with Gasteiger partial charge in [0.25, 0.3) is 0 Å². The fourth-order valence-corrected chi connectivity index (χ4v) is 2.39. The summed E-state index contributed by atoms with van der Waals surface area (Å²) in [6, 6.07) is 16.8. The van der Waals surface area contributed by atoms with Crippen molar-refractivity contribution in [1.29, 1.82) is 0 Å². The molecule has 3 heteroatoms. The Balaban J connectivity index is 1.94. The molecule has 1 aliphatic heterocycles. The molecule has 3 nitrogen and oxygen atoms in total. The molecular weight excluding hydrogens is 234 g/mol. The molecular formula is C16H17N3. The average molecular weight is 251 g/mol. The lowest BCUT2D eigenvalue weighted by atomic mass is 10.1. The number of hydrogen-bond donors (Lipinski definition) is 1. The summed E-state index contributed by atoms with van der Waals surface area (Å²) in [5.74, 6) is 0.642. The molecule has 19 heavy (non-hydrogen) atoms. The van der Waals surface area contributed by atoms with E-state index in [9.17, 15) is 0 Å². The van der Waals surface area contributed by atoms with E-state index in [0.29, 0.717) is 12.5 Å². The van der Waals surface area contributed by atoms with E-state index < -0.39 is 0 Å². The highest BCUT2D eigenvalue weighted by atomic mass is 15.2. The SMILES string of the molecule is Cc1ccc2c(c1)C(N)=NCN2Cc1ccccc1. The summed E-state index contributed by atoms with van der Waals surface area (Å²) in [6.45, 7) is 3.55. The quantitative estimate of drug-likeness (QED) is 0.891. The summed E-state index contributed by atoms with van der Waals surface area (Å²) in [5, 5.41) is 0. The van der Waals surface area contributed by atoms with Gasteiger partial charge in [-0.1, -0.05) is 42.0 Å². The normalized spacial score (nSPS) is 13.9. The van der Waals surface area contributed by atoms with E-state index in [1.807, 2.05) is 6.07 Å². The largest absolute Gasteiger partial charge is 0.383 e. The Morgan fingerprint density at radius 1 is 1.16 bits per heavy atom. The van der Waals surface area contributed by atoms with Gasteiger partial charge in [-0.05, 0) is 24.6 Å². The Kier molecular flexibility index (Phi) is 2.95. The molecule has 2 aromatic carbocycles. The van der Waals surface area contributed by atoms with Crippen molar-refractivity contribution in [3.8, 4) is 0 Å². The monoisotopic (exact) mass is 251 g/mol. The molecule has 1 aliphatic rings. The minimum absolute atomic E-state index is 0.622. The maximum absolute atomic E-state index is 5.99. The molecule has 2 aromatic rings. The Morgan fingerprint density at radius 3 is 2.74 bits per heavy atom. The minimum atomic E-state index is 0.622. The van der Waals surface area contributed by atoms with E-state index in [0.717, 1.165) is 12.1 Å². The predicted molar refractivity (Wildman–Crippen MR) is 79.4 cm³/mol. The van der Waals surface area contributed by atoms with Gasteiger partial charge in [0.1, 0.15) is 12.5 Å². The van der Waals surface area contributed by atoms with Gasteiger partial charge in [0.15, 0.2) is 0 Å². The number of benzene rings is 2. The van der Waals surface area contributed by atoms with Gasteiger partial charge < -0.3 is 10.6 Å². The third-order valence-electron chi connectivity index (χ3n) is 3.40. The number of rotatable bonds is 2. The first-order chi connectivity index (χ1) is 9.24. The second-order valence-electron chi connectivity index (χ2n) is 4.89. The number of nitrogens with zero attached hydrogens (tertiary/aromatic N) is 2. The minimum Gasteiger partial charge on any atom is -0.383 e. The van der Waals surface area contributed by atoms with Gasteiger partial charge in [-0.15, -0.1) is 0 Å². The Morgan fingerprint density at radius 2 is 1.95 bits per heavy atom. The van der Waals surface area contributed by atoms with Crippen molar-refractivity contribution in [3.63, 3.8) is 0 Å². The topological polar surface area (TPSA) is 41.6 Å². The van der Waals surface area contributed by atoms with Gasteiger partial charge in [0.2, 0.25) is 0 Å². The van der Waals surface area contributed by atoms with Crippen molar-refractivity contribution in [3.05, 3.63) is 65.2 Å². The molecule has 0 atom stereocenters. The zero-order chi connectivity index (χ0) is 13.2. The maximum atomic E-state index is 5.99. The Labute approximate surface area is 113 Å². The highest BCUT2D eigenvalue weighted by Gasteiger charge is 2.18. The summed E-state index contributed by atoms with van der Waals surface area (Å²) in [7, 11) is 0. The van der Waals surface area contributed by atoms with Crippen LogP contribution in [0.2, 0.25) is 0 Å². The van der Waals surface area contributed by atoms with Crippen LogP contribution in [-0.4, -0.2) is 12.5 Å². The van der Waals surface area contributed by atoms with Gasteiger partial charge in [-0.3, -0.25) is 0 Å². The van der Waals surface area contributed by atoms with Crippen molar-refractivity contribution in [1.82, 2.24) is 0 Å². The molecule has 0 amide bonds. The Hall–Kier alpha value is -2.29. The molecule has 0 unspecified atom stereocenters. The van der Waals surface area contributed by atoms with Crippen molar-refractivity contribution in [2.45, 2.75) is 13.5 Å². The molecule has 0 spiro atoms. The predicted octanol–water partition coefficient (Wildman–Crippen LogP) is 2.68. The third-order valence-corrected chi connectivity index (χ3v) is 3.40. The number of anilines is 1. The van der Waals surface area contributed by atoms with Crippen LogP contribution < -0.4 is 10.6 Å². The summed E-state index contributed by atoms with van der Waals surface area (Å²) < 4.78 is 0. The van der Waals surface area contributed by atoms with Crippen LogP contribution >= 0.6 is 0 Å². The van der Waals surface area contributed by atoms with Gasteiger partial charge in [0, 0.05) is 17.8 Å². The molecule has 2 N–H and O–H groups in total. The number of fused-ring (bicyclic) bond motifs is 1. The number of hydrogen-bond acceptors (Lipinski definition) is 3. The zero-order valence-electron chi connectivity index (χ0n) is 11.0. The lowest BCUT2D eigenvalue weighted by Crippen LogP contribution is -2.32. The Bertz CT molecular complexity index is 617. The molecule has 3 rings (SSSR count). The summed E-state index contributed by atoms with van der Waals surface area (Å²) in [5.41, 5.74) is 10.7. The second kappa shape index (κ2) is 4.76. The summed E-state index contributed by atoms with van der Waals surface area (Å²) >= 11 is 0. The van der Waals surface area contributed by atoms with Crippen molar-refractivity contribution in [2.75, 3.05) is 11.6 Å². The summed E-state index contributed by atoms with van der Waals surface area (Å²) in [6.07, 6.45) is 0. The van der Waals surface area contributed by atoms with E-state index in [-0.39, 0.29) is 0 Å². The van der Waals surface area contributed by atoms with E-state index in [1.165, 1.54) is 16.8 Å². The van der Waals surface area contributed by atoms with Crippen LogP contribution in [0.1, 0.15) is 16.7 Å². The highest BCUT2D eigenvalue weighted by Crippen LogP contribution is 2.26. The van der Waals surface area contributed by atoms with Crippen molar-refractivity contribution >= 4 is 11.5 Å². The first-order valence-electron chi connectivity index (χ1n) is 6.44. The zero-order valence-corrected chi connectivity index (χ0v) is 11.0. The molecule has 0 fully saturated rings. The van der Waals surface area contributed by atoms with E-state index in [2.05, 4.69) is 59.3 Å². The fourth-order valence-electron chi connectivity index (χ4n) is 2.39. The smallest absolute Gasteiger partial charge is 0.129 e. The van der Waals surface area contributed by atoms with Gasteiger partial charge >= 0.3 is 0 Å². The standard InChI is InChI=1S/C16H17N3/c1-12-7-8-15-14(9-12)16(17)18-11-19(15)10-13-5-3-2-4-6-13/h2-9H,10-11H2,1H3,(H2,17,18). The van der Waals surface area contributed by atoms with Crippen LogP contribution in [0.4, 0.5) is 5.69 Å². The molecule has 0 saturated carbocycles. The molecule has 96 valence electrons. The molecule has 0 radical (unpaired) electrons. The lowest BCUT2D eigenvalue weighted by molar-refractivity contribution is 0.800. The van der Waals surface area contributed by atoms with Gasteiger partial charge in [-0.25, -0.2) is 4.99 Å². The second-order valence-corrected chi connectivity index (χ2v) is 4.89. The summed E-state index contributed by atoms with van der Waals surface area (Å²) in [4.78, 5) is 6.66. The van der Waals surface area contributed by atoms with Gasteiger partial charge in [0.05, 0.1) is 0 Å². The van der Waals surface area contributed by atoms with E-state index in [1.54, 1.807) is 0 Å². The van der Waals surface area contributed by atoms with Crippen LogP contribution in [0.3, 0.4) is 0 Å². The number of aryl methyl sites for hydroxylation is 1. The fraction of sp³-hybridized carbons (Fsp3) is 0.188. The van der Waals surface area contributed by atoms with Crippen molar-refractivity contribution < 1.29 is 0 Å². The van der Waals surface area contributed by atoms with E-state index in [4.69, 9.17) is 5.73 Å². The third kappa shape index (κ3) is 2.32. The molecule has 0 aromatic heterocycles. The molecule has 0 saturated heterocycles. The first-order valence-corrected chi connectivity index (χ1v) is 6.44. The van der Waals surface area contributed by atoms with E-state index >= 15 is 0 Å². The molecule has 0 bridgehead atoms. The van der Waals surface area contributed by atoms with Crippen LogP contribution in [-0.2, 0) is 6.54 Å². The molecule has 1 heterocycles. The maximum Gasteiger partial charge on any atom is 0.129 e. The van der Waals surface area contributed by atoms with Crippen LogP contribution in [0.15, 0.2) is 53.5 Å². The highest BCUT2D eigenvalue weighted by molar-refractivity contribution is 6.04. The number of amidine groups is 1. The number of aliphatic imine (C=N–C) groups is 1.